The molecule has 2 heterocycles. The van der Waals surface area contributed by atoms with Crippen LogP contribution < -0.4 is 4.90 Å². The molecule has 0 unspecified atom stereocenters. The van der Waals surface area contributed by atoms with Crippen LogP contribution in [0.1, 0.15) is 0 Å². The van der Waals surface area contributed by atoms with Gasteiger partial charge in [0, 0.05) is 48.7 Å². The summed E-state index contributed by atoms with van der Waals surface area (Å²) in [6.45, 7) is 4.80. The van der Waals surface area contributed by atoms with Crippen LogP contribution in [-0.2, 0) is 0 Å². The van der Waals surface area contributed by atoms with E-state index < -0.39 is 0 Å². The molecule has 0 spiro atoms. The van der Waals surface area contributed by atoms with E-state index in [1.165, 1.54) is 0 Å². The SMILES string of the molecule is OCCN1CCN(c2ncc(I)cn2)CC1. The van der Waals surface area contributed by atoms with Gasteiger partial charge in [-0.05, 0) is 22.6 Å². The Hall–Kier alpha value is -0.470. The van der Waals surface area contributed by atoms with E-state index in [-0.39, 0.29) is 6.61 Å². The fraction of sp³-hybridized carbons (Fsp3) is 0.600. The molecular weight excluding hydrogens is 319 g/mol. The van der Waals surface area contributed by atoms with E-state index in [0.717, 1.165) is 42.2 Å². The van der Waals surface area contributed by atoms with Gasteiger partial charge in [-0.3, -0.25) is 4.90 Å². The number of nitrogens with zero attached hydrogens (tertiary/aromatic N) is 4. The molecule has 0 amide bonds. The highest BCUT2D eigenvalue weighted by molar-refractivity contribution is 14.1. The number of hydrogen-bond donors (Lipinski definition) is 1. The molecule has 0 radical (unpaired) electrons. The van der Waals surface area contributed by atoms with Crippen LogP contribution in [0, 0.1) is 3.57 Å². The lowest BCUT2D eigenvalue weighted by molar-refractivity contribution is 0.188. The maximum absolute atomic E-state index is 8.85. The van der Waals surface area contributed by atoms with Crippen molar-refractivity contribution in [3.8, 4) is 0 Å². The van der Waals surface area contributed by atoms with Crippen LogP contribution in [0.2, 0.25) is 0 Å². The highest BCUT2D eigenvalue weighted by Gasteiger charge is 2.17. The minimum Gasteiger partial charge on any atom is -0.395 e. The lowest BCUT2D eigenvalue weighted by Gasteiger charge is -2.34. The van der Waals surface area contributed by atoms with Crippen LogP contribution in [0.3, 0.4) is 0 Å². The number of aliphatic hydroxyl groups excluding tert-OH is 1. The zero-order chi connectivity index (χ0) is 11.4. The molecule has 1 aromatic rings. The van der Waals surface area contributed by atoms with Crippen LogP contribution in [0.25, 0.3) is 0 Å². The second kappa shape index (κ2) is 5.74. The molecule has 1 N–H and O–H groups in total. The van der Waals surface area contributed by atoms with Gasteiger partial charge in [0.15, 0.2) is 0 Å². The molecule has 0 aromatic carbocycles. The fourth-order valence-electron chi connectivity index (χ4n) is 1.78. The van der Waals surface area contributed by atoms with Crippen LogP contribution in [-0.4, -0.2) is 59.3 Å². The van der Waals surface area contributed by atoms with Crippen molar-refractivity contribution in [3.05, 3.63) is 16.0 Å². The third-order valence-corrected chi connectivity index (χ3v) is 3.24. The summed E-state index contributed by atoms with van der Waals surface area (Å²) in [7, 11) is 0. The zero-order valence-electron chi connectivity index (χ0n) is 9.01. The van der Waals surface area contributed by atoms with Gasteiger partial charge >= 0.3 is 0 Å². The van der Waals surface area contributed by atoms with E-state index in [1.54, 1.807) is 0 Å². The van der Waals surface area contributed by atoms with E-state index in [1.807, 2.05) is 12.4 Å². The van der Waals surface area contributed by atoms with E-state index >= 15 is 0 Å². The Kier molecular flexibility index (Phi) is 4.30. The summed E-state index contributed by atoms with van der Waals surface area (Å²) < 4.78 is 1.06. The Morgan fingerprint density at radius 2 is 1.81 bits per heavy atom. The molecule has 1 fully saturated rings. The fourth-order valence-corrected chi connectivity index (χ4v) is 2.06. The number of aromatic nitrogens is 2. The Labute approximate surface area is 109 Å². The molecule has 1 saturated heterocycles. The third kappa shape index (κ3) is 3.02. The summed E-state index contributed by atoms with van der Waals surface area (Å²) in [6.07, 6.45) is 3.67. The van der Waals surface area contributed by atoms with Crippen molar-refractivity contribution in [1.82, 2.24) is 14.9 Å². The minimum absolute atomic E-state index is 0.236. The number of piperazine rings is 1. The number of hydrogen-bond acceptors (Lipinski definition) is 5. The molecule has 2 rings (SSSR count). The topological polar surface area (TPSA) is 52.5 Å². The van der Waals surface area contributed by atoms with E-state index in [0.29, 0.717) is 0 Å². The predicted molar refractivity (Wildman–Crippen MR) is 70.5 cm³/mol. The van der Waals surface area contributed by atoms with Gasteiger partial charge in [-0.1, -0.05) is 0 Å². The van der Waals surface area contributed by atoms with Gasteiger partial charge in [-0.2, -0.15) is 0 Å². The molecule has 6 heteroatoms. The van der Waals surface area contributed by atoms with Gasteiger partial charge < -0.3 is 10.0 Å². The lowest BCUT2D eigenvalue weighted by Crippen LogP contribution is -2.47. The summed E-state index contributed by atoms with van der Waals surface area (Å²) in [5, 5.41) is 8.85. The van der Waals surface area contributed by atoms with Crippen molar-refractivity contribution in [1.29, 1.82) is 0 Å². The zero-order valence-corrected chi connectivity index (χ0v) is 11.2. The highest BCUT2D eigenvalue weighted by Crippen LogP contribution is 2.11. The van der Waals surface area contributed by atoms with E-state index in [9.17, 15) is 0 Å². The molecule has 88 valence electrons. The van der Waals surface area contributed by atoms with Crippen LogP contribution in [0.5, 0.6) is 0 Å². The summed E-state index contributed by atoms with van der Waals surface area (Å²) >= 11 is 2.20. The van der Waals surface area contributed by atoms with Gasteiger partial charge in [-0.25, -0.2) is 9.97 Å². The molecule has 0 atom stereocenters. The summed E-state index contributed by atoms with van der Waals surface area (Å²) in [5.41, 5.74) is 0. The molecule has 1 aliphatic heterocycles. The Bertz CT molecular complexity index is 324. The van der Waals surface area contributed by atoms with E-state index in [2.05, 4.69) is 42.4 Å². The second-order valence-electron chi connectivity index (χ2n) is 3.75. The maximum atomic E-state index is 8.85. The summed E-state index contributed by atoms with van der Waals surface area (Å²) in [6, 6.07) is 0. The average Bonchev–Trinajstić information content (AvgIpc) is 2.32. The molecule has 5 nitrogen and oxygen atoms in total. The summed E-state index contributed by atoms with van der Waals surface area (Å²) in [5.74, 6) is 0.809. The standard InChI is InChI=1S/C10H15IN4O/c11-9-7-12-10(13-8-9)15-3-1-14(2-4-15)5-6-16/h7-8,16H,1-6H2. The first-order valence-electron chi connectivity index (χ1n) is 5.35. The van der Waals surface area contributed by atoms with Crippen LogP contribution in [0.15, 0.2) is 12.4 Å². The van der Waals surface area contributed by atoms with Gasteiger partial charge in [0.2, 0.25) is 5.95 Å². The molecule has 0 bridgehead atoms. The van der Waals surface area contributed by atoms with Crippen molar-refractivity contribution in [2.75, 3.05) is 44.2 Å². The van der Waals surface area contributed by atoms with E-state index in [4.69, 9.17) is 5.11 Å². The minimum atomic E-state index is 0.236. The molecule has 1 aromatic heterocycles. The first kappa shape index (κ1) is 12.0. The Balaban J connectivity index is 1.91. The quantitative estimate of drug-likeness (QED) is 0.801. The molecular formula is C10H15IN4O. The van der Waals surface area contributed by atoms with Gasteiger partial charge in [0.25, 0.3) is 0 Å². The van der Waals surface area contributed by atoms with Crippen molar-refractivity contribution < 1.29 is 5.11 Å². The van der Waals surface area contributed by atoms with Gasteiger partial charge in [0.05, 0.1) is 6.61 Å². The van der Waals surface area contributed by atoms with Gasteiger partial charge in [0.1, 0.15) is 0 Å². The number of anilines is 1. The third-order valence-electron chi connectivity index (χ3n) is 2.68. The number of β-amino-alcohol motifs (C(OH)–C–C–N with tert-alkyl or cyclic N) is 1. The predicted octanol–water partition coefficient (Wildman–Crippen LogP) is 0.195. The monoisotopic (exact) mass is 334 g/mol. The van der Waals surface area contributed by atoms with Crippen molar-refractivity contribution in [2.24, 2.45) is 0 Å². The number of halogens is 1. The van der Waals surface area contributed by atoms with Crippen molar-refractivity contribution >= 4 is 28.5 Å². The molecule has 0 aliphatic carbocycles. The summed E-state index contributed by atoms with van der Waals surface area (Å²) in [4.78, 5) is 13.1. The Morgan fingerprint density at radius 1 is 1.19 bits per heavy atom. The van der Waals surface area contributed by atoms with Gasteiger partial charge in [-0.15, -0.1) is 0 Å². The maximum Gasteiger partial charge on any atom is 0.225 e. The van der Waals surface area contributed by atoms with Crippen molar-refractivity contribution in [2.45, 2.75) is 0 Å². The normalized spacial score (nSPS) is 17.8. The van der Waals surface area contributed by atoms with Crippen LogP contribution in [0.4, 0.5) is 5.95 Å². The average molecular weight is 334 g/mol. The smallest absolute Gasteiger partial charge is 0.225 e. The Morgan fingerprint density at radius 3 is 2.38 bits per heavy atom. The number of aliphatic hydroxyl groups is 1. The second-order valence-corrected chi connectivity index (χ2v) is 5.00. The molecule has 0 saturated carbocycles. The lowest BCUT2D eigenvalue weighted by atomic mass is 10.3. The van der Waals surface area contributed by atoms with Crippen LogP contribution >= 0.6 is 22.6 Å². The highest BCUT2D eigenvalue weighted by atomic mass is 127. The largest absolute Gasteiger partial charge is 0.395 e. The number of rotatable bonds is 3. The van der Waals surface area contributed by atoms with Crippen molar-refractivity contribution in [3.63, 3.8) is 0 Å². The first-order chi connectivity index (χ1) is 7.79. The molecule has 1 aliphatic rings. The molecule has 16 heavy (non-hydrogen) atoms. The first-order valence-corrected chi connectivity index (χ1v) is 6.43.